The topological polar surface area (TPSA) is 35.6 Å². The Hall–Kier alpha value is -1.91. The number of rotatable bonds is 11. The van der Waals surface area contributed by atoms with E-state index in [1.165, 1.54) is 16.3 Å². The van der Waals surface area contributed by atoms with Crippen LogP contribution < -0.4 is 5.32 Å². The third kappa shape index (κ3) is 5.80. The Morgan fingerprint density at radius 2 is 1.69 bits per heavy atom. The first-order valence-electron chi connectivity index (χ1n) is 11.0. The first kappa shape index (κ1) is 23.4. The first-order chi connectivity index (χ1) is 13.8. The fraction of sp³-hybridized carbons (Fsp3) is 0.560. The summed E-state index contributed by atoms with van der Waals surface area (Å²) < 4.78 is 0. The zero-order valence-corrected chi connectivity index (χ0v) is 19.2. The van der Waals surface area contributed by atoms with E-state index in [2.05, 4.69) is 99.4 Å². The number of amides is 1. The predicted octanol–water partition coefficient (Wildman–Crippen LogP) is 4.14. The molecule has 0 heterocycles. The lowest BCUT2D eigenvalue weighted by atomic mass is 9.67. The molecule has 4 heteroatoms. The Bertz CT molecular complexity index is 777. The van der Waals surface area contributed by atoms with E-state index in [0.717, 1.165) is 26.1 Å². The molecule has 1 amide bonds. The molecule has 0 fully saturated rings. The molecule has 0 aliphatic heterocycles. The summed E-state index contributed by atoms with van der Waals surface area (Å²) >= 11 is 0. The highest BCUT2D eigenvalue weighted by molar-refractivity contribution is 5.87. The molecule has 0 saturated heterocycles. The van der Waals surface area contributed by atoms with E-state index in [4.69, 9.17) is 0 Å². The Balaban J connectivity index is 2.41. The van der Waals surface area contributed by atoms with Gasteiger partial charge in [0.25, 0.3) is 0 Å². The molecule has 29 heavy (non-hydrogen) atoms. The van der Waals surface area contributed by atoms with E-state index in [0.29, 0.717) is 19.0 Å². The van der Waals surface area contributed by atoms with Crippen molar-refractivity contribution >= 4 is 16.7 Å². The maximum Gasteiger partial charge on any atom is 0.234 e. The summed E-state index contributed by atoms with van der Waals surface area (Å²) in [5.41, 5.74) is 1.22. The summed E-state index contributed by atoms with van der Waals surface area (Å²) in [6.45, 7) is 12.7. The van der Waals surface area contributed by atoms with Gasteiger partial charge in [0.05, 0.1) is 6.54 Å². The minimum atomic E-state index is -0.121. The highest BCUT2D eigenvalue weighted by Gasteiger charge is 2.37. The number of benzene rings is 2. The number of carbonyl (C=O) groups excluding carboxylic acids is 1. The third-order valence-corrected chi connectivity index (χ3v) is 6.30. The van der Waals surface area contributed by atoms with Gasteiger partial charge in [-0.3, -0.25) is 9.69 Å². The van der Waals surface area contributed by atoms with Crippen molar-refractivity contribution < 1.29 is 4.79 Å². The van der Waals surface area contributed by atoms with Crippen LogP contribution in [0.4, 0.5) is 0 Å². The van der Waals surface area contributed by atoms with Crippen LogP contribution in [-0.4, -0.2) is 62.5 Å². The summed E-state index contributed by atoms with van der Waals surface area (Å²) in [5.74, 6) is 0.505. The average molecular weight is 398 g/mol. The number of likely N-dealkylation sites (N-methyl/N-ethyl adjacent to an activating group) is 1. The second-order valence-corrected chi connectivity index (χ2v) is 8.63. The largest absolute Gasteiger partial charge is 0.354 e. The van der Waals surface area contributed by atoms with E-state index in [1.54, 1.807) is 0 Å². The second kappa shape index (κ2) is 10.7. The minimum absolute atomic E-state index is 0.115. The van der Waals surface area contributed by atoms with Gasteiger partial charge in [0.15, 0.2) is 0 Å². The quantitative estimate of drug-likeness (QED) is 0.619. The normalized spacial score (nSPS) is 14.0. The first-order valence-corrected chi connectivity index (χ1v) is 11.0. The molecule has 0 spiro atoms. The summed E-state index contributed by atoms with van der Waals surface area (Å²) in [6, 6.07) is 15.2. The molecule has 2 rings (SSSR count). The van der Waals surface area contributed by atoms with Crippen LogP contribution in [0.2, 0.25) is 0 Å². The zero-order valence-electron chi connectivity index (χ0n) is 19.2. The molecule has 1 unspecified atom stereocenters. The second-order valence-electron chi connectivity index (χ2n) is 8.63. The lowest BCUT2D eigenvalue weighted by molar-refractivity contribution is -0.122. The molecule has 0 aliphatic rings. The Morgan fingerprint density at radius 1 is 1.03 bits per heavy atom. The van der Waals surface area contributed by atoms with Gasteiger partial charge in [-0.15, -0.1) is 0 Å². The van der Waals surface area contributed by atoms with Gasteiger partial charge in [0, 0.05) is 12.0 Å². The SMILES string of the molecule is CCN(CC)CC(=O)NCC(CCN(C)C)(c1cccc2ccccc12)C(C)C. The maximum atomic E-state index is 12.7. The van der Waals surface area contributed by atoms with Crippen molar-refractivity contribution in [1.29, 1.82) is 0 Å². The molecule has 2 aromatic carbocycles. The third-order valence-electron chi connectivity index (χ3n) is 6.30. The monoisotopic (exact) mass is 397 g/mol. The van der Waals surface area contributed by atoms with Gasteiger partial charge >= 0.3 is 0 Å². The Morgan fingerprint density at radius 3 is 2.31 bits per heavy atom. The number of nitrogens with one attached hydrogen (secondary N) is 1. The molecule has 0 saturated carbocycles. The van der Waals surface area contributed by atoms with Crippen molar-refractivity contribution in [2.45, 2.75) is 39.5 Å². The maximum absolute atomic E-state index is 12.7. The molecule has 0 aliphatic carbocycles. The van der Waals surface area contributed by atoms with Crippen LogP contribution in [0.3, 0.4) is 0 Å². The van der Waals surface area contributed by atoms with Gasteiger partial charge in [0.2, 0.25) is 5.91 Å². The molecule has 1 atom stereocenters. The average Bonchev–Trinajstić information content (AvgIpc) is 2.71. The van der Waals surface area contributed by atoms with E-state index >= 15 is 0 Å². The Kier molecular flexibility index (Phi) is 8.66. The van der Waals surface area contributed by atoms with Crippen molar-refractivity contribution in [3.8, 4) is 0 Å². The summed E-state index contributed by atoms with van der Waals surface area (Å²) in [4.78, 5) is 17.1. The molecule has 2 aromatic rings. The fourth-order valence-electron chi connectivity index (χ4n) is 4.17. The molecule has 0 bridgehead atoms. The van der Waals surface area contributed by atoms with Crippen molar-refractivity contribution in [1.82, 2.24) is 15.1 Å². The number of carbonyl (C=O) groups is 1. The van der Waals surface area contributed by atoms with Crippen LogP contribution in [0.15, 0.2) is 42.5 Å². The number of fused-ring (bicyclic) bond motifs is 1. The number of hydrogen-bond donors (Lipinski definition) is 1. The van der Waals surface area contributed by atoms with Gasteiger partial charge < -0.3 is 10.2 Å². The fourth-order valence-corrected chi connectivity index (χ4v) is 4.17. The molecular weight excluding hydrogens is 358 g/mol. The molecule has 4 nitrogen and oxygen atoms in total. The van der Waals surface area contributed by atoms with E-state index in [9.17, 15) is 4.79 Å². The van der Waals surface area contributed by atoms with Gasteiger partial charge in [0.1, 0.15) is 0 Å². The van der Waals surface area contributed by atoms with Gasteiger partial charge in [-0.2, -0.15) is 0 Å². The van der Waals surface area contributed by atoms with Gasteiger partial charge in [-0.25, -0.2) is 0 Å². The molecular formula is C25H39N3O. The van der Waals surface area contributed by atoms with Crippen LogP contribution in [0, 0.1) is 5.92 Å². The summed E-state index contributed by atoms with van der Waals surface area (Å²) in [5, 5.41) is 5.84. The smallest absolute Gasteiger partial charge is 0.234 e. The van der Waals surface area contributed by atoms with Crippen LogP contribution in [0.25, 0.3) is 10.8 Å². The predicted molar refractivity (Wildman–Crippen MR) is 124 cm³/mol. The number of hydrogen-bond acceptors (Lipinski definition) is 3. The van der Waals surface area contributed by atoms with Gasteiger partial charge in [-0.1, -0.05) is 70.2 Å². The highest BCUT2D eigenvalue weighted by Crippen LogP contribution is 2.39. The standard InChI is InChI=1S/C25H39N3O/c1-7-28(8-2)18-24(29)26-19-25(20(3)4,16-17-27(5)6)23-15-11-13-21-12-9-10-14-22(21)23/h9-15,20H,7-8,16-19H2,1-6H3,(H,26,29). The molecule has 0 radical (unpaired) electrons. The van der Waals surface area contributed by atoms with E-state index in [1.807, 2.05) is 0 Å². The van der Waals surface area contributed by atoms with E-state index < -0.39 is 0 Å². The van der Waals surface area contributed by atoms with Crippen LogP contribution in [-0.2, 0) is 10.2 Å². The van der Waals surface area contributed by atoms with E-state index in [-0.39, 0.29) is 11.3 Å². The van der Waals surface area contributed by atoms with Gasteiger partial charge in [-0.05, 0) is 62.4 Å². The minimum Gasteiger partial charge on any atom is -0.354 e. The highest BCUT2D eigenvalue weighted by atomic mass is 16.2. The van der Waals surface area contributed by atoms with Crippen molar-refractivity contribution in [2.75, 3.05) is 46.8 Å². The van der Waals surface area contributed by atoms with Crippen LogP contribution >= 0.6 is 0 Å². The molecule has 0 aromatic heterocycles. The molecule has 160 valence electrons. The Labute approximate surface area is 177 Å². The summed E-state index contributed by atoms with van der Waals surface area (Å²) in [6.07, 6.45) is 0.997. The van der Waals surface area contributed by atoms with Crippen molar-refractivity contribution in [3.63, 3.8) is 0 Å². The zero-order chi connectivity index (χ0) is 21.4. The number of nitrogens with zero attached hydrogens (tertiary/aromatic N) is 2. The van der Waals surface area contributed by atoms with Crippen molar-refractivity contribution in [3.05, 3.63) is 48.0 Å². The lowest BCUT2D eigenvalue weighted by Gasteiger charge is -2.40. The van der Waals surface area contributed by atoms with Crippen LogP contribution in [0.1, 0.15) is 39.7 Å². The molecule has 1 N–H and O–H groups in total. The lowest BCUT2D eigenvalue weighted by Crippen LogP contribution is -2.48. The van der Waals surface area contributed by atoms with Crippen molar-refractivity contribution in [2.24, 2.45) is 5.92 Å². The summed E-state index contributed by atoms with van der Waals surface area (Å²) in [7, 11) is 4.24. The van der Waals surface area contributed by atoms with Crippen LogP contribution in [0.5, 0.6) is 0 Å².